The van der Waals surface area contributed by atoms with E-state index in [0.717, 1.165) is 47.7 Å². The van der Waals surface area contributed by atoms with Gasteiger partial charge in [-0.3, -0.25) is 19.9 Å². The number of H-pyrrole nitrogens is 1. The van der Waals surface area contributed by atoms with Crippen molar-refractivity contribution in [3.8, 4) is 11.3 Å². The molecule has 3 aromatic heterocycles. The molecule has 0 aliphatic carbocycles. The molecule has 0 bridgehead atoms. The number of imidazole rings is 1. The standard InChI is InChI=1S/C33H31F2N7/c34-24-8-6-22(7-9-24)25-10-12-36-18-28-32(25)41-33(40-28)26-5-4-11-38-27-19-39-31(30(35)29(26)27)23-15-21(16-37-17-23)20-42-13-2-1-3-14-42/h5-10,12,15-17,19,38H,1-4,11,13-14,18,20H2,(H,40,41). The maximum atomic E-state index is 16.6. The minimum atomic E-state index is -0.413. The summed E-state index contributed by atoms with van der Waals surface area (Å²) >= 11 is 0. The number of aromatic nitrogens is 4. The second-order valence-electron chi connectivity index (χ2n) is 11.0. The van der Waals surface area contributed by atoms with Crippen LogP contribution in [0.15, 0.2) is 66.1 Å². The van der Waals surface area contributed by atoms with Crippen molar-refractivity contribution < 1.29 is 8.78 Å². The van der Waals surface area contributed by atoms with Crippen molar-refractivity contribution in [2.75, 3.05) is 25.0 Å². The number of likely N-dealkylation sites (tertiary alicyclic amines) is 1. The zero-order valence-corrected chi connectivity index (χ0v) is 23.2. The van der Waals surface area contributed by atoms with E-state index in [1.54, 1.807) is 30.7 Å². The summed E-state index contributed by atoms with van der Waals surface area (Å²) in [7, 11) is 0. The summed E-state index contributed by atoms with van der Waals surface area (Å²) < 4.78 is 30.2. The molecule has 1 saturated heterocycles. The van der Waals surface area contributed by atoms with E-state index in [2.05, 4.69) is 30.2 Å². The third kappa shape index (κ3) is 5.16. The molecular formula is C33H31F2N7. The predicted octanol–water partition coefficient (Wildman–Crippen LogP) is 6.39. The highest BCUT2D eigenvalue weighted by Crippen LogP contribution is 2.38. The number of anilines is 1. The molecule has 4 aromatic rings. The van der Waals surface area contributed by atoms with Gasteiger partial charge in [0.2, 0.25) is 0 Å². The van der Waals surface area contributed by atoms with Crippen molar-refractivity contribution in [3.63, 3.8) is 0 Å². The van der Waals surface area contributed by atoms with Crippen molar-refractivity contribution >= 4 is 23.0 Å². The monoisotopic (exact) mass is 563 g/mol. The number of aromatic amines is 1. The fourth-order valence-corrected chi connectivity index (χ4v) is 5.99. The number of hydrogen-bond donors (Lipinski definition) is 2. The van der Waals surface area contributed by atoms with Gasteiger partial charge in [0.05, 0.1) is 29.8 Å². The van der Waals surface area contributed by atoms with Crippen molar-refractivity contribution in [2.24, 2.45) is 4.99 Å². The number of hydrogen-bond acceptors (Lipinski definition) is 6. The molecule has 0 amide bonds. The number of pyridine rings is 2. The summed E-state index contributed by atoms with van der Waals surface area (Å²) in [6.45, 7) is 4.00. The molecule has 3 aliphatic heterocycles. The third-order valence-electron chi connectivity index (χ3n) is 8.06. The van der Waals surface area contributed by atoms with Crippen LogP contribution in [0.1, 0.15) is 59.6 Å². The van der Waals surface area contributed by atoms with Crippen LogP contribution in [0, 0.1) is 11.6 Å². The Morgan fingerprint density at radius 3 is 2.62 bits per heavy atom. The Morgan fingerprint density at radius 2 is 1.76 bits per heavy atom. The quantitative estimate of drug-likeness (QED) is 0.294. The van der Waals surface area contributed by atoms with Gasteiger partial charge < -0.3 is 10.3 Å². The van der Waals surface area contributed by atoms with Gasteiger partial charge in [-0.25, -0.2) is 13.8 Å². The molecule has 0 unspecified atom stereocenters. The number of aliphatic imine (C=N–C) groups is 1. The van der Waals surface area contributed by atoms with E-state index in [1.165, 1.54) is 31.4 Å². The minimum absolute atomic E-state index is 0.265. The summed E-state index contributed by atoms with van der Waals surface area (Å²) in [5, 5.41) is 3.33. The summed E-state index contributed by atoms with van der Waals surface area (Å²) in [4.78, 5) is 24.3. The van der Waals surface area contributed by atoms with Gasteiger partial charge in [0.1, 0.15) is 17.3 Å². The normalized spacial score (nSPS) is 16.9. The van der Waals surface area contributed by atoms with E-state index in [4.69, 9.17) is 4.98 Å². The number of halogens is 2. The molecule has 6 heterocycles. The molecule has 0 saturated carbocycles. The van der Waals surface area contributed by atoms with Crippen LogP contribution >= 0.6 is 0 Å². The van der Waals surface area contributed by atoms with Gasteiger partial charge in [0, 0.05) is 54.0 Å². The first-order valence-electron chi connectivity index (χ1n) is 14.5. The SMILES string of the molecule is Fc1ccc(C2=CC=NCc3[nH]c(C4=CCCNc5cnc(-c6cncc(CN7CCCCC7)c6)c(F)c54)nc32)cc1. The lowest BCUT2D eigenvalue weighted by atomic mass is 10.00. The number of nitrogens with one attached hydrogen (secondary N) is 2. The summed E-state index contributed by atoms with van der Waals surface area (Å²) in [6, 6.07) is 8.32. The number of fused-ring (bicyclic) bond motifs is 2. The fraction of sp³-hybridized carbons (Fsp3) is 0.273. The summed E-state index contributed by atoms with van der Waals surface area (Å²) in [6.07, 6.45) is 15.3. The molecule has 7 rings (SSSR count). The average Bonchev–Trinajstić information content (AvgIpc) is 3.16. The Kier molecular flexibility index (Phi) is 7.17. The zero-order valence-electron chi connectivity index (χ0n) is 23.2. The molecular weight excluding hydrogens is 532 g/mol. The molecule has 0 atom stereocenters. The molecule has 0 spiro atoms. The molecule has 1 fully saturated rings. The number of benzene rings is 1. The van der Waals surface area contributed by atoms with E-state index in [1.807, 2.05) is 24.4 Å². The Bertz CT molecular complexity index is 1710. The van der Waals surface area contributed by atoms with Crippen LogP contribution in [0.3, 0.4) is 0 Å². The first-order valence-corrected chi connectivity index (χ1v) is 14.5. The van der Waals surface area contributed by atoms with Crippen LogP contribution in [-0.4, -0.2) is 50.7 Å². The van der Waals surface area contributed by atoms with E-state index < -0.39 is 5.82 Å². The van der Waals surface area contributed by atoms with Crippen LogP contribution < -0.4 is 5.32 Å². The van der Waals surface area contributed by atoms with Gasteiger partial charge in [0.25, 0.3) is 0 Å². The van der Waals surface area contributed by atoms with E-state index in [0.29, 0.717) is 47.7 Å². The highest BCUT2D eigenvalue weighted by molar-refractivity contribution is 5.93. The Labute approximate surface area is 243 Å². The van der Waals surface area contributed by atoms with E-state index >= 15 is 4.39 Å². The van der Waals surface area contributed by atoms with Gasteiger partial charge in [0.15, 0.2) is 5.82 Å². The second-order valence-corrected chi connectivity index (χ2v) is 11.0. The maximum Gasteiger partial charge on any atom is 0.159 e. The van der Waals surface area contributed by atoms with Gasteiger partial charge in [-0.05, 0) is 67.8 Å². The van der Waals surface area contributed by atoms with Crippen LogP contribution in [0.4, 0.5) is 14.5 Å². The largest absolute Gasteiger partial charge is 0.383 e. The van der Waals surface area contributed by atoms with Crippen LogP contribution in [0.25, 0.3) is 22.4 Å². The fourth-order valence-electron chi connectivity index (χ4n) is 5.99. The first-order chi connectivity index (χ1) is 20.6. The van der Waals surface area contributed by atoms with Crippen molar-refractivity contribution in [1.29, 1.82) is 0 Å². The summed E-state index contributed by atoms with van der Waals surface area (Å²) in [5.41, 5.74) is 6.88. The zero-order chi connectivity index (χ0) is 28.5. The second kappa shape index (κ2) is 11.4. The van der Waals surface area contributed by atoms with Crippen LogP contribution in [0.2, 0.25) is 0 Å². The van der Waals surface area contributed by atoms with Gasteiger partial charge in [-0.1, -0.05) is 24.6 Å². The number of allylic oxidation sites excluding steroid dienone is 1. The predicted molar refractivity (Wildman–Crippen MR) is 161 cm³/mol. The molecule has 1 aromatic carbocycles. The molecule has 0 radical (unpaired) electrons. The Hall–Kier alpha value is -4.50. The lowest BCUT2D eigenvalue weighted by Gasteiger charge is -2.26. The van der Waals surface area contributed by atoms with Gasteiger partial charge in [-0.2, -0.15) is 0 Å². The molecule has 212 valence electrons. The van der Waals surface area contributed by atoms with Crippen molar-refractivity contribution in [2.45, 2.75) is 38.8 Å². The Morgan fingerprint density at radius 1 is 0.905 bits per heavy atom. The van der Waals surface area contributed by atoms with Crippen molar-refractivity contribution in [3.05, 3.63) is 107 Å². The molecule has 3 aliphatic rings. The molecule has 7 nitrogen and oxygen atoms in total. The van der Waals surface area contributed by atoms with Gasteiger partial charge >= 0.3 is 0 Å². The smallest absolute Gasteiger partial charge is 0.159 e. The number of nitrogens with zero attached hydrogens (tertiary/aromatic N) is 5. The summed E-state index contributed by atoms with van der Waals surface area (Å²) in [5.74, 6) is -0.156. The lowest BCUT2D eigenvalue weighted by Crippen LogP contribution is -2.29. The highest BCUT2D eigenvalue weighted by Gasteiger charge is 2.26. The number of rotatable bonds is 5. The first kappa shape index (κ1) is 26.4. The average molecular weight is 564 g/mol. The molecule has 42 heavy (non-hydrogen) atoms. The molecule has 9 heteroatoms. The van der Waals surface area contributed by atoms with E-state index in [-0.39, 0.29) is 11.5 Å². The van der Waals surface area contributed by atoms with Crippen molar-refractivity contribution in [1.82, 2.24) is 24.8 Å². The van der Waals surface area contributed by atoms with E-state index in [9.17, 15) is 4.39 Å². The highest BCUT2D eigenvalue weighted by atomic mass is 19.1. The third-order valence-corrected chi connectivity index (χ3v) is 8.06. The van der Waals surface area contributed by atoms with Gasteiger partial charge in [-0.15, -0.1) is 0 Å². The Balaban J connectivity index is 1.27. The topological polar surface area (TPSA) is 82.1 Å². The minimum Gasteiger partial charge on any atom is -0.383 e. The van der Waals surface area contributed by atoms with Crippen LogP contribution in [-0.2, 0) is 13.1 Å². The lowest BCUT2D eigenvalue weighted by molar-refractivity contribution is 0.220. The molecule has 2 N–H and O–H groups in total. The maximum absolute atomic E-state index is 16.6. The van der Waals surface area contributed by atoms with Crippen LogP contribution in [0.5, 0.6) is 0 Å². The number of piperidine rings is 1.